The van der Waals surface area contributed by atoms with Crippen LogP contribution in [-0.2, 0) is 9.53 Å². The van der Waals surface area contributed by atoms with Gasteiger partial charge in [0.25, 0.3) is 5.69 Å². The Bertz CT molecular complexity index is 1050. The molecule has 0 aliphatic carbocycles. The Hall–Kier alpha value is -3.95. The monoisotopic (exact) mass is 442 g/mol. The van der Waals surface area contributed by atoms with E-state index in [1.54, 1.807) is 12.1 Å². The maximum atomic E-state index is 12.7. The second-order valence-electron chi connectivity index (χ2n) is 7.06. The van der Waals surface area contributed by atoms with Crippen molar-refractivity contribution in [3.63, 3.8) is 0 Å². The second-order valence-corrected chi connectivity index (χ2v) is 7.06. The molecule has 0 spiro atoms. The van der Waals surface area contributed by atoms with Crippen molar-refractivity contribution in [1.29, 1.82) is 0 Å². The number of carbonyl (C=O) groups is 3. The SMILES string of the molecule is CCCC(=O)Nc1ccc(C(=O)C(C)OC(=O)c2cc3c(cc2[N+](=O)[O-])OCCO3)cc1. The molecule has 10 heteroatoms. The zero-order valence-corrected chi connectivity index (χ0v) is 17.6. The third kappa shape index (κ3) is 5.20. The molecule has 1 atom stereocenters. The number of hydrogen-bond donors (Lipinski definition) is 1. The largest absolute Gasteiger partial charge is 0.486 e. The summed E-state index contributed by atoms with van der Waals surface area (Å²) >= 11 is 0. The molecule has 0 radical (unpaired) electrons. The number of nitrogens with one attached hydrogen (secondary N) is 1. The van der Waals surface area contributed by atoms with E-state index < -0.39 is 28.5 Å². The zero-order chi connectivity index (χ0) is 23.3. The summed E-state index contributed by atoms with van der Waals surface area (Å²) in [5, 5.41) is 14.1. The molecule has 1 unspecified atom stereocenters. The van der Waals surface area contributed by atoms with Crippen molar-refractivity contribution >= 4 is 29.0 Å². The van der Waals surface area contributed by atoms with Gasteiger partial charge in [-0.05, 0) is 37.6 Å². The standard InChI is InChI=1S/C22H22N2O8/c1-3-4-20(25)23-15-7-5-14(6-8-15)21(26)13(2)32-22(27)16-11-18-19(31-10-9-30-18)12-17(16)24(28)29/h5-8,11-13H,3-4,9-10H2,1-2H3,(H,23,25). The highest BCUT2D eigenvalue weighted by Gasteiger charge is 2.29. The molecular formula is C22H22N2O8. The summed E-state index contributed by atoms with van der Waals surface area (Å²) in [7, 11) is 0. The molecule has 1 heterocycles. The summed E-state index contributed by atoms with van der Waals surface area (Å²) in [5.41, 5.74) is -0.0500. The Morgan fingerprint density at radius 2 is 1.75 bits per heavy atom. The lowest BCUT2D eigenvalue weighted by Crippen LogP contribution is -2.25. The van der Waals surface area contributed by atoms with Gasteiger partial charge in [0.05, 0.1) is 11.0 Å². The Morgan fingerprint density at radius 1 is 1.12 bits per heavy atom. The van der Waals surface area contributed by atoms with Crippen LogP contribution < -0.4 is 14.8 Å². The van der Waals surface area contributed by atoms with Gasteiger partial charge in [-0.3, -0.25) is 19.7 Å². The van der Waals surface area contributed by atoms with Crippen LogP contribution in [0.15, 0.2) is 36.4 Å². The first-order valence-electron chi connectivity index (χ1n) is 10.0. The molecule has 0 fully saturated rings. The number of fused-ring (bicyclic) bond motifs is 1. The van der Waals surface area contributed by atoms with Gasteiger partial charge in [-0.15, -0.1) is 0 Å². The molecule has 3 rings (SSSR count). The molecule has 2 aromatic rings. The first kappa shape index (κ1) is 22.7. The topological polar surface area (TPSA) is 134 Å². The van der Waals surface area contributed by atoms with Crippen molar-refractivity contribution in [1.82, 2.24) is 0 Å². The molecule has 168 valence electrons. The number of ketones is 1. The van der Waals surface area contributed by atoms with Gasteiger partial charge >= 0.3 is 5.97 Å². The van der Waals surface area contributed by atoms with E-state index in [1.165, 1.54) is 25.1 Å². The molecule has 2 aromatic carbocycles. The number of nitro benzene ring substituents is 1. The average Bonchev–Trinajstić information content (AvgIpc) is 2.78. The average molecular weight is 442 g/mol. The molecule has 1 aliphatic heterocycles. The van der Waals surface area contributed by atoms with Crippen LogP contribution in [-0.4, -0.2) is 41.9 Å². The summed E-state index contributed by atoms with van der Waals surface area (Å²) in [6, 6.07) is 8.42. The van der Waals surface area contributed by atoms with Gasteiger partial charge < -0.3 is 19.5 Å². The highest BCUT2D eigenvalue weighted by atomic mass is 16.6. The number of nitrogens with zero attached hydrogens (tertiary/aromatic N) is 1. The van der Waals surface area contributed by atoms with Crippen molar-refractivity contribution in [2.24, 2.45) is 0 Å². The van der Waals surface area contributed by atoms with E-state index >= 15 is 0 Å². The summed E-state index contributed by atoms with van der Waals surface area (Å²) < 4.78 is 15.9. The fourth-order valence-electron chi connectivity index (χ4n) is 3.07. The number of nitro groups is 1. The van der Waals surface area contributed by atoms with Crippen molar-refractivity contribution in [3.05, 3.63) is 57.6 Å². The van der Waals surface area contributed by atoms with E-state index in [0.717, 1.165) is 6.07 Å². The lowest BCUT2D eigenvalue weighted by molar-refractivity contribution is -0.385. The molecule has 1 aliphatic rings. The minimum Gasteiger partial charge on any atom is -0.486 e. The van der Waals surface area contributed by atoms with Gasteiger partial charge in [0.2, 0.25) is 11.7 Å². The smallest absolute Gasteiger partial charge is 0.346 e. The Morgan fingerprint density at radius 3 is 2.34 bits per heavy atom. The summed E-state index contributed by atoms with van der Waals surface area (Å²) in [6.45, 7) is 3.74. The molecular weight excluding hydrogens is 420 g/mol. The zero-order valence-electron chi connectivity index (χ0n) is 17.6. The third-order valence-corrected chi connectivity index (χ3v) is 4.66. The Labute approximate surface area is 183 Å². The number of carbonyl (C=O) groups excluding carboxylic acids is 3. The van der Waals surface area contributed by atoms with Gasteiger partial charge in [-0.2, -0.15) is 0 Å². The fraction of sp³-hybridized carbons (Fsp3) is 0.318. The van der Waals surface area contributed by atoms with Gasteiger partial charge in [-0.1, -0.05) is 6.92 Å². The van der Waals surface area contributed by atoms with Crippen molar-refractivity contribution < 1.29 is 33.5 Å². The van der Waals surface area contributed by atoms with Gasteiger partial charge in [-0.25, -0.2) is 4.79 Å². The van der Waals surface area contributed by atoms with E-state index in [2.05, 4.69) is 5.32 Å². The number of Topliss-reactive ketones (excluding diaryl/α,β-unsaturated/α-hetero) is 1. The first-order chi connectivity index (χ1) is 15.3. The minimum absolute atomic E-state index is 0.130. The van der Waals surface area contributed by atoms with E-state index in [-0.39, 0.29) is 41.7 Å². The van der Waals surface area contributed by atoms with E-state index in [0.29, 0.717) is 18.5 Å². The highest BCUT2D eigenvalue weighted by molar-refractivity contribution is 6.03. The molecule has 0 saturated heterocycles. The van der Waals surface area contributed by atoms with Crippen LogP contribution in [0.25, 0.3) is 0 Å². The van der Waals surface area contributed by atoms with Crippen molar-refractivity contribution in [2.75, 3.05) is 18.5 Å². The molecule has 0 saturated carbocycles. The lowest BCUT2D eigenvalue weighted by Gasteiger charge is -2.19. The van der Waals surface area contributed by atoms with Crippen LogP contribution in [0.1, 0.15) is 47.4 Å². The first-order valence-corrected chi connectivity index (χ1v) is 10.0. The number of hydrogen-bond acceptors (Lipinski definition) is 8. The second kappa shape index (κ2) is 9.90. The van der Waals surface area contributed by atoms with Crippen LogP contribution in [0.4, 0.5) is 11.4 Å². The van der Waals surface area contributed by atoms with Crippen LogP contribution in [0.5, 0.6) is 11.5 Å². The van der Waals surface area contributed by atoms with Crippen LogP contribution in [0.2, 0.25) is 0 Å². The van der Waals surface area contributed by atoms with Crippen molar-refractivity contribution in [2.45, 2.75) is 32.8 Å². The maximum Gasteiger partial charge on any atom is 0.346 e. The number of benzene rings is 2. The highest BCUT2D eigenvalue weighted by Crippen LogP contribution is 2.37. The molecule has 0 bridgehead atoms. The summed E-state index contributed by atoms with van der Waals surface area (Å²) in [6.07, 6.45) is -0.0946. The quantitative estimate of drug-likeness (QED) is 0.284. The normalized spacial score (nSPS) is 13.1. The van der Waals surface area contributed by atoms with Crippen LogP contribution in [0, 0.1) is 10.1 Å². The van der Waals surface area contributed by atoms with E-state index in [9.17, 15) is 24.5 Å². The van der Waals surface area contributed by atoms with Crippen LogP contribution in [0.3, 0.4) is 0 Å². The predicted octanol–water partition coefficient (Wildman–Crippen LogP) is 3.53. The van der Waals surface area contributed by atoms with Gasteiger partial charge in [0.15, 0.2) is 17.6 Å². The fourth-order valence-corrected chi connectivity index (χ4v) is 3.07. The number of ether oxygens (including phenoxy) is 3. The summed E-state index contributed by atoms with van der Waals surface area (Å²) in [5.74, 6) is -1.30. The molecule has 32 heavy (non-hydrogen) atoms. The Kier molecular flexibility index (Phi) is 7.04. The molecule has 0 aromatic heterocycles. The molecule has 1 N–H and O–H groups in total. The predicted molar refractivity (Wildman–Crippen MR) is 113 cm³/mol. The Balaban J connectivity index is 1.72. The minimum atomic E-state index is -1.20. The van der Waals surface area contributed by atoms with Gasteiger partial charge in [0, 0.05) is 23.7 Å². The lowest BCUT2D eigenvalue weighted by atomic mass is 10.1. The number of esters is 1. The molecule has 10 nitrogen and oxygen atoms in total. The summed E-state index contributed by atoms with van der Waals surface area (Å²) in [4.78, 5) is 47.6. The number of anilines is 1. The van der Waals surface area contributed by atoms with Gasteiger partial charge in [0.1, 0.15) is 18.8 Å². The third-order valence-electron chi connectivity index (χ3n) is 4.66. The van der Waals surface area contributed by atoms with Crippen LogP contribution >= 0.6 is 0 Å². The van der Waals surface area contributed by atoms with E-state index in [1.807, 2.05) is 6.92 Å². The number of amides is 1. The van der Waals surface area contributed by atoms with E-state index in [4.69, 9.17) is 14.2 Å². The maximum absolute atomic E-state index is 12.7. The molecule has 1 amide bonds. The number of rotatable bonds is 8. The van der Waals surface area contributed by atoms with Crippen molar-refractivity contribution in [3.8, 4) is 11.5 Å².